The van der Waals surface area contributed by atoms with Crippen LogP contribution in [0.4, 0.5) is 5.69 Å². The Morgan fingerprint density at radius 1 is 1.40 bits per heavy atom. The molecule has 0 amide bonds. The van der Waals surface area contributed by atoms with E-state index in [2.05, 4.69) is 18.8 Å². The lowest BCUT2D eigenvalue weighted by Crippen LogP contribution is -2.03. The first-order chi connectivity index (χ1) is 9.47. The van der Waals surface area contributed by atoms with Gasteiger partial charge in [-0.15, -0.1) is 0 Å². The summed E-state index contributed by atoms with van der Waals surface area (Å²) in [6, 6.07) is 6.63. The molecule has 6 heteroatoms. The number of aromatic nitrogens is 1. The van der Waals surface area contributed by atoms with Crippen LogP contribution < -0.4 is 0 Å². The first-order valence-corrected chi connectivity index (χ1v) is 7.45. The van der Waals surface area contributed by atoms with Crippen LogP contribution in [0, 0.1) is 9.87 Å². The first kappa shape index (κ1) is 14.7. The molecule has 0 aliphatic carbocycles. The second-order valence-electron chi connectivity index (χ2n) is 4.84. The first-order valence-electron chi connectivity index (χ1n) is 6.23. The third-order valence-electron chi connectivity index (χ3n) is 2.60. The molecule has 0 aliphatic rings. The van der Waals surface area contributed by atoms with Gasteiger partial charge in [-0.2, -0.15) is 0 Å². The second kappa shape index (κ2) is 6.19. The number of thiazole rings is 1. The van der Waals surface area contributed by atoms with Crippen molar-refractivity contribution in [2.75, 3.05) is 0 Å². The van der Waals surface area contributed by atoms with Crippen LogP contribution in [-0.4, -0.2) is 21.0 Å². The van der Waals surface area contributed by atoms with Gasteiger partial charge in [0.1, 0.15) is 10.6 Å². The van der Waals surface area contributed by atoms with Crippen molar-refractivity contribution in [1.82, 2.24) is 4.57 Å². The van der Waals surface area contributed by atoms with Gasteiger partial charge in [0.25, 0.3) is 0 Å². The molecular weight excluding hydrogens is 292 g/mol. The van der Waals surface area contributed by atoms with Gasteiger partial charge in [-0.05, 0) is 30.3 Å². The number of phenolic OH excluding ortho intramolecular Hbond substituents is 1. The summed E-state index contributed by atoms with van der Waals surface area (Å²) in [6.07, 6.45) is 1.57. The van der Waals surface area contributed by atoms with Crippen LogP contribution in [0.2, 0.25) is 0 Å². The van der Waals surface area contributed by atoms with E-state index in [0.717, 1.165) is 0 Å². The number of benzene rings is 1. The molecule has 0 spiro atoms. The van der Waals surface area contributed by atoms with Crippen molar-refractivity contribution in [3.8, 4) is 11.6 Å². The summed E-state index contributed by atoms with van der Waals surface area (Å²) < 4.78 is 2.35. The number of nitrogens with zero attached hydrogens (tertiary/aromatic N) is 2. The fraction of sp³-hybridized carbons (Fsp3) is 0.286. The fourth-order valence-corrected chi connectivity index (χ4v) is 2.93. The van der Waals surface area contributed by atoms with Crippen molar-refractivity contribution >= 4 is 35.5 Å². The van der Waals surface area contributed by atoms with Crippen molar-refractivity contribution in [3.63, 3.8) is 0 Å². The summed E-state index contributed by atoms with van der Waals surface area (Å²) in [7, 11) is 0. The lowest BCUT2D eigenvalue weighted by atomic mass is 10.2. The summed E-state index contributed by atoms with van der Waals surface area (Å²) in [5.74, 6) is 0.713. The Morgan fingerprint density at radius 2 is 2.15 bits per heavy atom. The Balaban J connectivity index is 2.28. The topological polar surface area (TPSA) is 57.8 Å². The van der Waals surface area contributed by atoms with Crippen LogP contribution in [0.5, 0.6) is 11.6 Å². The van der Waals surface area contributed by atoms with E-state index < -0.39 is 0 Å². The molecule has 0 radical (unpaired) electrons. The van der Waals surface area contributed by atoms with E-state index in [4.69, 9.17) is 12.2 Å². The smallest absolute Gasteiger partial charge is 0.212 e. The molecule has 20 heavy (non-hydrogen) atoms. The van der Waals surface area contributed by atoms with Crippen molar-refractivity contribution < 1.29 is 10.2 Å². The molecule has 0 saturated carbocycles. The quantitative estimate of drug-likeness (QED) is 0.660. The highest BCUT2D eigenvalue weighted by molar-refractivity contribution is 7.73. The lowest BCUT2D eigenvalue weighted by Gasteiger charge is -2.06. The zero-order valence-electron chi connectivity index (χ0n) is 11.3. The minimum atomic E-state index is 0.151. The molecular formula is C14H16N2O2S2. The molecule has 0 unspecified atom stereocenters. The van der Waals surface area contributed by atoms with E-state index in [9.17, 15) is 10.2 Å². The maximum Gasteiger partial charge on any atom is 0.212 e. The maximum atomic E-state index is 10.2. The highest BCUT2D eigenvalue weighted by Crippen LogP contribution is 2.26. The summed E-state index contributed by atoms with van der Waals surface area (Å²) >= 11 is 6.57. The van der Waals surface area contributed by atoms with Gasteiger partial charge >= 0.3 is 0 Å². The molecule has 0 aliphatic heterocycles. The van der Waals surface area contributed by atoms with Gasteiger partial charge in [-0.1, -0.05) is 31.3 Å². The predicted octanol–water partition coefficient (Wildman–Crippen LogP) is 4.10. The number of aromatic hydroxyl groups is 2. The highest BCUT2D eigenvalue weighted by Gasteiger charge is 2.11. The van der Waals surface area contributed by atoms with Crippen LogP contribution in [0.1, 0.15) is 18.7 Å². The minimum absolute atomic E-state index is 0.151. The number of hydrogen-bond donors (Lipinski definition) is 2. The number of aliphatic imine (C=N–C) groups is 1. The average Bonchev–Trinajstić information content (AvgIpc) is 2.64. The Hall–Kier alpha value is -1.66. The van der Waals surface area contributed by atoms with Gasteiger partial charge in [-0.25, -0.2) is 0 Å². The van der Waals surface area contributed by atoms with Gasteiger partial charge in [-0.3, -0.25) is 9.56 Å². The van der Waals surface area contributed by atoms with Crippen LogP contribution in [0.3, 0.4) is 0 Å². The molecule has 106 valence electrons. The second-order valence-corrected chi connectivity index (χ2v) is 6.51. The molecule has 0 fully saturated rings. The van der Waals surface area contributed by atoms with Crippen molar-refractivity contribution in [2.24, 2.45) is 10.9 Å². The maximum absolute atomic E-state index is 10.2. The molecule has 2 N–H and O–H groups in total. The summed E-state index contributed by atoms with van der Waals surface area (Å²) in [5, 5.41) is 19.5. The Labute approximate surface area is 126 Å². The van der Waals surface area contributed by atoms with Gasteiger partial charge in [0, 0.05) is 12.6 Å². The third-order valence-corrected chi connectivity index (χ3v) is 3.98. The van der Waals surface area contributed by atoms with E-state index >= 15 is 0 Å². The number of hydrogen-bond acceptors (Lipinski definition) is 5. The van der Waals surface area contributed by atoms with E-state index in [1.165, 1.54) is 11.3 Å². The SMILES string of the molecule is CC(C)Cn1c(O)c(C=Nc2cccc(O)c2)sc1=S. The molecule has 2 aromatic rings. The molecule has 1 heterocycles. The van der Waals surface area contributed by atoms with Crippen molar-refractivity contribution in [3.05, 3.63) is 33.1 Å². The fourth-order valence-electron chi connectivity index (χ4n) is 1.73. The Bertz CT molecular complexity index is 687. The zero-order valence-corrected chi connectivity index (χ0v) is 12.9. The Morgan fingerprint density at radius 3 is 2.80 bits per heavy atom. The monoisotopic (exact) mass is 308 g/mol. The van der Waals surface area contributed by atoms with Crippen LogP contribution in [0.15, 0.2) is 29.3 Å². The molecule has 1 aromatic carbocycles. The largest absolute Gasteiger partial charge is 0.508 e. The zero-order chi connectivity index (χ0) is 14.7. The highest BCUT2D eigenvalue weighted by atomic mass is 32.1. The van der Waals surface area contributed by atoms with Crippen molar-refractivity contribution in [2.45, 2.75) is 20.4 Å². The number of phenols is 1. The molecule has 0 bridgehead atoms. The van der Waals surface area contributed by atoms with E-state index in [-0.39, 0.29) is 11.6 Å². The van der Waals surface area contributed by atoms with Gasteiger partial charge in [0.2, 0.25) is 5.88 Å². The predicted molar refractivity (Wildman–Crippen MR) is 85.0 cm³/mol. The molecule has 0 atom stereocenters. The van der Waals surface area contributed by atoms with E-state index in [0.29, 0.717) is 27.0 Å². The van der Waals surface area contributed by atoms with Crippen LogP contribution in [0.25, 0.3) is 0 Å². The number of rotatable bonds is 4. The summed E-state index contributed by atoms with van der Waals surface area (Å²) in [5.41, 5.74) is 0.624. The van der Waals surface area contributed by atoms with Gasteiger partial charge in [0.15, 0.2) is 3.95 Å². The normalized spacial score (nSPS) is 11.6. The summed E-state index contributed by atoms with van der Waals surface area (Å²) in [4.78, 5) is 4.86. The molecule has 0 saturated heterocycles. The van der Waals surface area contributed by atoms with Crippen molar-refractivity contribution in [1.29, 1.82) is 0 Å². The van der Waals surface area contributed by atoms with E-state index in [1.807, 2.05) is 0 Å². The molecule has 4 nitrogen and oxygen atoms in total. The standard InChI is InChI=1S/C14H16N2O2S2/c1-9(2)8-16-13(18)12(20-14(16)19)7-15-10-4-3-5-11(17)6-10/h3-7,9,17-18H,8H2,1-2H3. The Kier molecular flexibility index (Phi) is 4.57. The molecule has 1 aromatic heterocycles. The third kappa shape index (κ3) is 3.46. The summed E-state index contributed by atoms with van der Waals surface area (Å²) in [6.45, 7) is 4.82. The van der Waals surface area contributed by atoms with E-state index in [1.54, 1.807) is 35.0 Å². The lowest BCUT2D eigenvalue weighted by molar-refractivity contribution is 0.392. The van der Waals surface area contributed by atoms with Gasteiger partial charge < -0.3 is 10.2 Å². The molecule has 2 rings (SSSR count). The average molecular weight is 308 g/mol. The minimum Gasteiger partial charge on any atom is -0.508 e. The van der Waals surface area contributed by atoms with Crippen LogP contribution >= 0.6 is 23.6 Å². The van der Waals surface area contributed by atoms with Crippen LogP contribution in [-0.2, 0) is 6.54 Å². The van der Waals surface area contributed by atoms with Gasteiger partial charge in [0.05, 0.1) is 11.9 Å².